The second kappa shape index (κ2) is 15.3. The van der Waals surface area contributed by atoms with E-state index in [1.807, 2.05) is 72.8 Å². The Balaban J connectivity index is 1.14. The summed E-state index contributed by atoms with van der Waals surface area (Å²) in [6, 6.07) is 29.9. The molecular weight excluding hydrogens is 640 g/mol. The van der Waals surface area contributed by atoms with Crippen LogP contribution in [-0.2, 0) is 32.9 Å². The average molecular weight is 683 g/mol. The summed E-state index contributed by atoms with van der Waals surface area (Å²) in [6.07, 6.45) is 0.366. The van der Waals surface area contributed by atoms with Gasteiger partial charge in [0.2, 0.25) is 5.91 Å². The van der Waals surface area contributed by atoms with Crippen molar-refractivity contribution < 1.29 is 29.3 Å². The molecule has 2 fully saturated rings. The van der Waals surface area contributed by atoms with Crippen LogP contribution in [0.15, 0.2) is 97.1 Å². The van der Waals surface area contributed by atoms with E-state index in [1.54, 1.807) is 24.3 Å². The van der Waals surface area contributed by atoms with Gasteiger partial charge in [0, 0.05) is 47.4 Å². The quantitative estimate of drug-likeness (QED) is 0.155. The maximum atomic E-state index is 12.8. The molecule has 8 nitrogen and oxygen atoms in total. The maximum absolute atomic E-state index is 12.8. The van der Waals surface area contributed by atoms with Gasteiger partial charge in [-0.15, -0.1) is 0 Å². The van der Waals surface area contributed by atoms with Crippen molar-refractivity contribution in [3.05, 3.63) is 135 Å². The van der Waals surface area contributed by atoms with Gasteiger partial charge >= 0.3 is 0 Å². The lowest BCUT2D eigenvalue weighted by atomic mass is 9.84. The van der Waals surface area contributed by atoms with E-state index in [1.165, 1.54) is 6.92 Å². The zero-order valence-corrected chi connectivity index (χ0v) is 28.6. The first-order valence-corrected chi connectivity index (χ1v) is 17.2. The van der Waals surface area contributed by atoms with E-state index in [9.17, 15) is 19.8 Å². The molecule has 4 atom stereocenters. The Kier molecular flexibility index (Phi) is 10.9. The van der Waals surface area contributed by atoms with Gasteiger partial charge in [-0.2, -0.15) is 0 Å². The lowest BCUT2D eigenvalue weighted by molar-refractivity contribution is -0.277. The molecule has 6 rings (SSSR count). The fourth-order valence-corrected chi connectivity index (χ4v) is 6.86. The van der Waals surface area contributed by atoms with Gasteiger partial charge in [-0.05, 0) is 66.3 Å². The number of ketones is 1. The first-order valence-electron chi connectivity index (χ1n) is 16.8. The Morgan fingerprint density at radius 3 is 2.20 bits per heavy atom. The molecule has 1 unspecified atom stereocenters. The monoisotopic (exact) mass is 682 g/mol. The van der Waals surface area contributed by atoms with Gasteiger partial charge in [-0.25, -0.2) is 0 Å². The molecule has 1 amide bonds. The molecule has 0 saturated carbocycles. The van der Waals surface area contributed by atoms with Gasteiger partial charge in [0.1, 0.15) is 0 Å². The van der Waals surface area contributed by atoms with Crippen molar-refractivity contribution in [2.75, 3.05) is 25.0 Å². The van der Waals surface area contributed by atoms with Crippen LogP contribution in [0.25, 0.3) is 0 Å². The van der Waals surface area contributed by atoms with Gasteiger partial charge in [0.25, 0.3) is 0 Å². The van der Waals surface area contributed by atoms with E-state index in [0.717, 1.165) is 40.9 Å². The summed E-state index contributed by atoms with van der Waals surface area (Å²) in [5.41, 5.74) is 4.67. The molecule has 0 aliphatic carbocycles. The molecule has 2 aliphatic rings. The number of anilines is 1. The summed E-state index contributed by atoms with van der Waals surface area (Å²) in [6.45, 7) is 5.75. The van der Waals surface area contributed by atoms with Crippen LogP contribution in [0.4, 0.5) is 5.69 Å². The molecule has 9 heteroatoms. The number of Topliss-reactive ketones (excluding diaryl/α,β-unsaturated/α-hetero) is 1. The Hall–Kier alpha value is -3.89. The van der Waals surface area contributed by atoms with Crippen LogP contribution < -0.4 is 5.32 Å². The summed E-state index contributed by atoms with van der Waals surface area (Å²) in [5.74, 6) is -0.210. The van der Waals surface area contributed by atoms with Crippen molar-refractivity contribution in [2.45, 2.75) is 63.8 Å². The van der Waals surface area contributed by atoms with Crippen molar-refractivity contribution in [3.63, 3.8) is 0 Å². The third-order valence-electron chi connectivity index (χ3n) is 9.80. The summed E-state index contributed by atoms with van der Waals surface area (Å²) < 4.78 is 13.3. The summed E-state index contributed by atoms with van der Waals surface area (Å²) in [7, 11) is 0. The summed E-state index contributed by atoms with van der Waals surface area (Å²) in [4.78, 5) is 26.9. The molecule has 2 saturated heterocycles. The van der Waals surface area contributed by atoms with Crippen LogP contribution in [0.2, 0.25) is 5.02 Å². The Labute approximate surface area is 292 Å². The van der Waals surface area contributed by atoms with Crippen molar-refractivity contribution in [2.24, 2.45) is 5.92 Å². The number of nitrogens with one attached hydrogen (secondary N) is 1. The fraction of sp³-hybridized carbons (Fsp3) is 0.350. The standard InChI is InChI=1S/C40H43ClN2O6/c1-26-36(24-43-20-18-40(47,19-21-43)33-14-16-34(41)17-15-33)48-39(49-38(26)30-10-8-29(25-44)9-11-30)31-12-6-28(7-13-31)22-37(46)42-35-5-3-4-32(23-35)27(2)45/h3-17,23,26,36,38-39,44,47H,18-22,24-25H2,1-2H3,(H,42,46)/t26-,36+,38+,39?/m0/s1. The van der Waals surface area contributed by atoms with Crippen molar-refractivity contribution >= 4 is 29.0 Å². The minimum atomic E-state index is -0.889. The Bertz CT molecular complexity index is 1740. The molecule has 3 N–H and O–H groups in total. The maximum Gasteiger partial charge on any atom is 0.228 e. The van der Waals surface area contributed by atoms with Gasteiger partial charge in [0.05, 0.1) is 30.8 Å². The zero-order valence-electron chi connectivity index (χ0n) is 27.8. The van der Waals surface area contributed by atoms with E-state index in [4.69, 9.17) is 21.1 Å². The van der Waals surface area contributed by atoms with Crippen molar-refractivity contribution in [1.82, 2.24) is 4.90 Å². The largest absolute Gasteiger partial charge is 0.392 e. The van der Waals surface area contributed by atoms with E-state index >= 15 is 0 Å². The minimum absolute atomic E-state index is 0.0256. The van der Waals surface area contributed by atoms with E-state index in [-0.39, 0.29) is 42.8 Å². The van der Waals surface area contributed by atoms with Gasteiger partial charge in [-0.1, -0.05) is 91.3 Å². The fourth-order valence-electron chi connectivity index (χ4n) is 6.74. The van der Waals surface area contributed by atoms with Gasteiger partial charge < -0.3 is 29.9 Å². The second-order valence-electron chi connectivity index (χ2n) is 13.3. The number of aliphatic hydroxyl groups excluding tert-OH is 1. The third-order valence-corrected chi connectivity index (χ3v) is 10.0. The van der Waals surface area contributed by atoms with E-state index < -0.39 is 11.9 Å². The Morgan fingerprint density at radius 1 is 0.898 bits per heavy atom. The molecule has 2 heterocycles. The smallest absolute Gasteiger partial charge is 0.228 e. The van der Waals surface area contributed by atoms with Crippen LogP contribution in [0.3, 0.4) is 0 Å². The molecule has 0 spiro atoms. The van der Waals surface area contributed by atoms with E-state index in [0.29, 0.717) is 35.7 Å². The summed E-state index contributed by atoms with van der Waals surface area (Å²) >= 11 is 6.09. The highest BCUT2D eigenvalue weighted by Gasteiger charge is 2.41. The van der Waals surface area contributed by atoms with Crippen LogP contribution in [0.5, 0.6) is 0 Å². The molecular formula is C40H43ClN2O6. The van der Waals surface area contributed by atoms with Gasteiger partial charge in [-0.3, -0.25) is 9.59 Å². The molecule has 0 radical (unpaired) electrons. The number of ether oxygens (including phenoxy) is 2. The Morgan fingerprint density at radius 2 is 1.55 bits per heavy atom. The van der Waals surface area contributed by atoms with Crippen molar-refractivity contribution in [1.29, 1.82) is 0 Å². The van der Waals surface area contributed by atoms with Crippen LogP contribution >= 0.6 is 11.6 Å². The number of carbonyl (C=O) groups is 2. The molecule has 49 heavy (non-hydrogen) atoms. The number of halogens is 1. The molecule has 4 aromatic rings. The number of hydrogen-bond donors (Lipinski definition) is 3. The molecule has 4 aromatic carbocycles. The number of rotatable bonds is 10. The minimum Gasteiger partial charge on any atom is -0.392 e. The van der Waals surface area contributed by atoms with Gasteiger partial charge in [0.15, 0.2) is 12.1 Å². The lowest BCUT2D eigenvalue weighted by Crippen LogP contribution is -2.49. The third kappa shape index (κ3) is 8.47. The molecule has 256 valence electrons. The molecule has 0 aromatic heterocycles. The topological polar surface area (TPSA) is 108 Å². The second-order valence-corrected chi connectivity index (χ2v) is 13.7. The zero-order chi connectivity index (χ0) is 34.5. The number of benzene rings is 4. The number of likely N-dealkylation sites (tertiary alicyclic amines) is 1. The highest BCUT2D eigenvalue weighted by molar-refractivity contribution is 6.30. The number of carbonyl (C=O) groups excluding carboxylic acids is 2. The predicted octanol–water partition coefficient (Wildman–Crippen LogP) is 6.99. The van der Waals surface area contributed by atoms with Crippen LogP contribution in [0.1, 0.15) is 77.3 Å². The number of nitrogens with zero attached hydrogens (tertiary/aromatic N) is 1. The lowest BCUT2D eigenvalue weighted by Gasteiger charge is -2.45. The highest BCUT2D eigenvalue weighted by atomic mass is 35.5. The summed E-state index contributed by atoms with van der Waals surface area (Å²) in [5, 5.41) is 24.6. The number of aliphatic hydroxyl groups is 2. The average Bonchev–Trinajstić information content (AvgIpc) is 3.11. The van der Waals surface area contributed by atoms with E-state index in [2.05, 4.69) is 17.1 Å². The number of amides is 1. The molecule has 2 aliphatic heterocycles. The van der Waals surface area contributed by atoms with Crippen molar-refractivity contribution in [3.8, 4) is 0 Å². The first kappa shape index (κ1) is 35.0. The number of piperidine rings is 1. The SMILES string of the molecule is CC(=O)c1cccc(NC(=O)Cc2ccc(C3O[C@H](CN4CCC(O)(c5ccc(Cl)cc5)CC4)[C@H](C)[C@H](c4ccc(CO)cc4)O3)cc2)c1. The molecule has 0 bridgehead atoms. The van der Waals surface area contributed by atoms with Crippen LogP contribution in [0, 0.1) is 5.92 Å². The number of hydrogen-bond acceptors (Lipinski definition) is 7. The van der Waals surface area contributed by atoms with Crippen LogP contribution in [-0.4, -0.2) is 52.5 Å². The predicted molar refractivity (Wildman–Crippen MR) is 189 cm³/mol. The highest BCUT2D eigenvalue weighted by Crippen LogP contribution is 2.42. The first-order chi connectivity index (χ1) is 23.6. The normalized spacial score (nSPS) is 22.4.